The molecule has 1 rings (SSSR count). The van der Waals surface area contributed by atoms with Crippen molar-refractivity contribution in [1.82, 2.24) is 5.32 Å². The van der Waals surface area contributed by atoms with Crippen LogP contribution in [0.5, 0.6) is 0 Å². The molecule has 0 aliphatic rings. The average molecular weight is 277 g/mol. The van der Waals surface area contributed by atoms with Gasteiger partial charge >= 0.3 is 0 Å². The molecule has 0 saturated heterocycles. The standard InChI is InChI=1S/C12H17FN2O2.ClH/c1-8-5-9(3-4-10(8)13)6-15-12(16)11(14)7-17-2;/h3-5,11H,6-7,14H2,1-2H3,(H,15,16);1H. The summed E-state index contributed by atoms with van der Waals surface area (Å²) >= 11 is 0. The molecule has 1 atom stereocenters. The van der Waals surface area contributed by atoms with Crippen LogP contribution in [0, 0.1) is 12.7 Å². The number of rotatable bonds is 5. The van der Waals surface area contributed by atoms with Crippen LogP contribution < -0.4 is 11.1 Å². The van der Waals surface area contributed by atoms with E-state index in [0.717, 1.165) is 5.56 Å². The molecule has 1 amide bonds. The summed E-state index contributed by atoms with van der Waals surface area (Å²) in [6.07, 6.45) is 0. The molecule has 1 aromatic rings. The van der Waals surface area contributed by atoms with E-state index in [2.05, 4.69) is 5.32 Å². The minimum Gasteiger partial charge on any atom is -0.383 e. The molecular formula is C12H18ClFN2O2. The molecule has 0 aliphatic heterocycles. The van der Waals surface area contributed by atoms with Crippen LogP contribution in [-0.4, -0.2) is 25.7 Å². The van der Waals surface area contributed by atoms with E-state index in [1.54, 1.807) is 19.1 Å². The molecule has 4 nitrogen and oxygen atoms in total. The van der Waals surface area contributed by atoms with Gasteiger partial charge < -0.3 is 15.8 Å². The Bertz CT molecular complexity index is 402. The van der Waals surface area contributed by atoms with Gasteiger partial charge in [0.2, 0.25) is 5.91 Å². The lowest BCUT2D eigenvalue weighted by Crippen LogP contribution is -2.43. The van der Waals surface area contributed by atoms with Gasteiger partial charge in [0.15, 0.2) is 0 Å². The normalized spacial score (nSPS) is 11.6. The summed E-state index contributed by atoms with van der Waals surface area (Å²) in [5, 5.41) is 2.66. The monoisotopic (exact) mass is 276 g/mol. The van der Waals surface area contributed by atoms with Gasteiger partial charge in [-0.1, -0.05) is 12.1 Å². The first-order valence-corrected chi connectivity index (χ1v) is 5.32. The maximum atomic E-state index is 13.0. The Hall–Kier alpha value is -1.17. The van der Waals surface area contributed by atoms with Crippen LogP contribution in [0.1, 0.15) is 11.1 Å². The Morgan fingerprint density at radius 1 is 1.56 bits per heavy atom. The first-order chi connectivity index (χ1) is 8.04. The van der Waals surface area contributed by atoms with Gasteiger partial charge in [-0.2, -0.15) is 0 Å². The Labute approximate surface area is 112 Å². The van der Waals surface area contributed by atoms with Crippen molar-refractivity contribution in [3.05, 3.63) is 35.1 Å². The molecule has 0 aliphatic carbocycles. The number of halogens is 2. The number of nitrogens with one attached hydrogen (secondary N) is 1. The highest BCUT2D eigenvalue weighted by Crippen LogP contribution is 2.08. The van der Waals surface area contributed by atoms with E-state index < -0.39 is 6.04 Å². The van der Waals surface area contributed by atoms with Crippen LogP contribution in [0.3, 0.4) is 0 Å². The van der Waals surface area contributed by atoms with E-state index in [4.69, 9.17) is 10.5 Å². The molecule has 102 valence electrons. The van der Waals surface area contributed by atoms with Crippen molar-refractivity contribution in [3.8, 4) is 0 Å². The number of aryl methyl sites for hydroxylation is 1. The first kappa shape index (κ1) is 16.8. The molecule has 0 radical (unpaired) electrons. The number of hydrogen-bond acceptors (Lipinski definition) is 3. The van der Waals surface area contributed by atoms with Crippen molar-refractivity contribution in [2.45, 2.75) is 19.5 Å². The molecule has 0 spiro atoms. The summed E-state index contributed by atoms with van der Waals surface area (Å²) in [4.78, 5) is 11.5. The number of benzene rings is 1. The smallest absolute Gasteiger partial charge is 0.239 e. The lowest BCUT2D eigenvalue weighted by atomic mass is 10.1. The summed E-state index contributed by atoms with van der Waals surface area (Å²) in [6.45, 7) is 2.18. The SMILES string of the molecule is COCC(N)C(=O)NCc1ccc(F)c(C)c1.Cl. The molecule has 0 fully saturated rings. The number of nitrogens with two attached hydrogens (primary N) is 1. The molecule has 0 heterocycles. The third kappa shape index (κ3) is 5.00. The highest BCUT2D eigenvalue weighted by Gasteiger charge is 2.12. The topological polar surface area (TPSA) is 64.3 Å². The largest absolute Gasteiger partial charge is 0.383 e. The second-order valence-corrected chi connectivity index (χ2v) is 3.86. The first-order valence-electron chi connectivity index (χ1n) is 5.32. The molecule has 0 bridgehead atoms. The van der Waals surface area contributed by atoms with Crippen LogP contribution in [0.15, 0.2) is 18.2 Å². The fraction of sp³-hybridized carbons (Fsp3) is 0.417. The van der Waals surface area contributed by atoms with Gasteiger partial charge in [0.05, 0.1) is 6.61 Å². The van der Waals surface area contributed by atoms with Crippen molar-refractivity contribution in [3.63, 3.8) is 0 Å². The van der Waals surface area contributed by atoms with Gasteiger partial charge in [0, 0.05) is 13.7 Å². The summed E-state index contributed by atoms with van der Waals surface area (Å²) in [6, 6.07) is 4.02. The predicted molar refractivity (Wildman–Crippen MR) is 70.1 cm³/mol. The van der Waals surface area contributed by atoms with Gasteiger partial charge in [-0.25, -0.2) is 4.39 Å². The lowest BCUT2D eigenvalue weighted by molar-refractivity contribution is -0.123. The van der Waals surface area contributed by atoms with Gasteiger partial charge in [0.25, 0.3) is 0 Å². The van der Waals surface area contributed by atoms with Gasteiger partial charge in [-0.15, -0.1) is 12.4 Å². The highest BCUT2D eigenvalue weighted by molar-refractivity contribution is 5.85. The van der Waals surface area contributed by atoms with E-state index in [1.807, 2.05) is 0 Å². The van der Waals surface area contributed by atoms with Crippen LogP contribution in [0.4, 0.5) is 4.39 Å². The Morgan fingerprint density at radius 2 is 2.22 bits per heavy atom. The third-order valence-electron chi connectivity index (χ3n) is 2.37. The zero-order valence-electron chi connectivity index (χ0n) is 10.4. The average Bonchev–Trinajstić information content (AvgIpc) is 2.30. The zero-order chi connectivity index (χ0) is 12.8. The second-order valence-electron chi connectivity index (χ2n) is 3.86. The highest BCUT2D eigenvalue weighted by atomic mass is 35.5. The Kier molecular flexibility index (Phi) is 7.50. The Balaban J connectivity index is 0.00000289. The summed E-state index contributed by atoms with van der Waals surface area (Å²) < 4.78 is 17.8. The zero-order valence-corrected chi connectivity index (χ0v) is 11.2. The molecule has 1 unspecified atom stereocenters. The van der Waals surface area contributed by atoms with Crippen molar-refractivity contribution in [2.75, 3.05) is 13.7 Å². The number of methoxy groups -OCH3 is 1. The number of ether oxygens (including phenoxy) is 1. The second kappa shape index (κ2) is 8.02. The molecule has 0 saturated carbocycles. The Morgan fingerprint density at radius 3 is 2.78 bits per heavy atom. The molecular weight excluding hydrogens is 259 g/mol. The van der Waals surface area contributed by atoms with Crippen LogP contribution >= 0.6 is 12.4 Å². The fourth-order valence-electron chi connectivity index (χ4n) is 1.39. The quantitative estimate of drug-likeness (QED) is 0.848. The third-order valence-corrected chi connectivity index (χ3v) is 2.37. The predicted octanol–water partition coefficient (Wildman–Crippen LogP) is 1.15. The number of carbonyl (C=O) groups is 1. The summed E-state index contributed by atoms with van der Waals surface area (Å²) in [7, 11) is 1.48. The number of hydrogen-bond donors (Lipinski definition) is 2. The summed E-state index contributed by atoms with van der Waals surface area (Å²) in [5.41, 5.74) is 6.94. The molecule has 18 heavy (non-hydrogen) atoms. The minimum atomic E-state index is -0.679. The van der Waals surface area contributed by atoms with Crippen LogP contribution in [0.25, 0.3) is 0 Å². The number of carbonyl (C=O) groups excluding carboxylic acids is 1. The molecule has 6 heteroatoms. The van der Waals surface area contributed by atoms with Crippen molar-refractivity contribution in [2.24, 2.45) is 5.73 Å². The van der Waals surface area contributed by atoms with Crippen LogP contribution in [-0.2, 0) is 16.1 Å². The van der Waals surface area contributed by atoms with E-state index >= 15 is 0 Å². The molecule has 3 N–H and O–H groups in total. The maximum absolute atomic E-state index is 13.0. The van der Waals surface area contributed by atoms with Gasteiger partial charge in [-0.3, -0.25) is 4.79 Å². The molecule has 1 aromatic carbocycles. The van der Waals surface area contributed by atoms with E-state index in [1.165, 1.54) is 13.2 Å². The van der Waals surface area contributed by atoms with E-state index in [-0.39, 0.29) is 30.7 Å². The van der Waals surface area contributed by atoms with E-state index in [0.29, 0.717) is 12.1 Å². The van der Waals surface area contributed by atoms with Crippen molar-refractivity contribution in [1.29, 1.82) is 0 Å². The minimum absolute atomic E-state index is 0. The van der Waals surface area contributed by atoms with E-state index in [9.17, 15) is 9.18 Å². The molecule has 0 aromatic heterocycles. The maximum Gasteiger partial charge on any atom is 0.239 e. The van der Waals surface area contributed by atoms with Gasteiger partial charge in [-0.05, 0) is 24.1 Å². The van der Waals surface area contributed by atoms with Crippen molar-refractivity contribution >= 4 is 18.3 Å². The van der Waals surface area contributed by atoms with Crippen molar-refractivity contribution < 1.29 is 13.9 Å². The van der Waals surface area contributed by atoms with Crippen LogP contribution in [0.2, 0.25) is 0 Å². The fourth-order valence-corrected chi connectivity index (χ4v) is 1.39. The summed E-state index contributed by atoms with van der Waals surface area (Å²) in [5.74, 6) is -0.537. The lowest BCUT2D eigenvalue weighted by Gasteiger charge is -2.11. The van der Waals surface area contributed by atoms with Gasteiger partial charge in [0.1, 0.15) is 11.9 Å². The number of amides is 1.